The third kappa shape index (κ3) is 4.21. The highest BCUT2D eigenvalue weighted by molar-refractivity contribution is 5.17. The van der Waals surface area contributed by atoms with Crippen molar-refractivity contribution in [1.82, 2.24) is 4.90 Å². The lowest BCUT2D eigenvalue weighted by Gasteiger charge is -2.37. The van der Waals surface area contributed by atoms with E-state index in [1.807, 2.05) is 6.07 Å². The van der Waals surface area contributed by atoms with Crippen LogP contribution in [0.4, 0.5) is 0 Å². The van der Waals surface area contributed by atoms with E-state index in [9.17, 15) is 5.26 Å². The van der Waals surface area contributed by atoms with Gasteiger partial charge in [-0.25, -0.2) is 0 Å². The molecule has 2 aromatic carbocycles. The van der Waals surface area contributed by atoms with Crippen LogP contribution < -0.4 is 0 Å². The van der Waals surface area contributed by atoms with Crippen molar-refractivity contribution in [3.8, 4) is 6.07 Å². The fourth-order valence-electron chi connectivity index (χ4n) is 3.43. The molecule has 0 radical (unpaired) electrons. The molecule has 1 fully saturated rings. The maximum absolute atomic E-state index is 9.73. The van der Waals surface area contributed by atoms with E-state index in [4.69, 9.17) is 0 Å². The van der Waals surface area contributed by atoms with E-state index in [1.165, 1.54) is 11.1 Å². The van der Waals surface area contributed by atoms with Gasteiger partial charge in [-0.05, 0) is 36.8 Å². The lowest BCUT2D eigenvalue weighted by Crippen LogP contribution is -2.39. The Morgan fingerprint density at radius 2 is 1.43 bits per heavy atom. The summed E-state index contributed by atoms with van der Waals surface area (Å²) in [6.07, 6.45) is 3.96. The largest absolute Gasteiger partial charge is 0.299 e. The van der Waals surface area contributed by atoms with E-state index < -0.39 is 0 Å². The van der Waals surface area contributed by atoms with Crippen LogP contribution in [0.1, 0.15) is 30.4 Å². The maximum atomic E-state index is 9.73. The number of aryl methyl sites for hydroxylation is 1. The van der Waals surface area contributed by atoms with E-state index in [2.05, 4.69) is 65.6 Å². The summed E-state index contributed by atoms with van der Waals surface area (Å²) < 4.78 is 0. The highest BCUT2D eigenvalue weighted by atomic mass is 15.1. The Balaban J connectivity index is 1.54. The zero-order valence-electron chi connectivity index (χ0n) is 13.6. The first kappa shape index (κ1) is 15.8. The molecule has 1 aliphatic heterocycles. The topological polar surface area (TPSA) is 27.0 Å². The van der Waals surface area contributed by atoms with Crippen molar-refractivity contribution in [3.63, 3.8) is 0 Å². The molecule has 118 valence electrons. The lowest BCUT2D eigenvalue weighted by atomic mass is 9.75. The van der Waals surface area contributed by atoms with Crippen LogP contribution in [0, 0.1) is 16.7 Å². The fraction of sp³-hybridized carbons (Fsp3) is 0.381. The molecule has 0 unspecified atom stereocenters. The molecule has 0 amide bonds. The third-order valence-corrected chi connectivity index (χ3v) is 5.03. The van der Waals surface area contributed by atoms with Crippen LogP contribution in [0.5, 0.6) is 0 Å². The summed E-state index contributed by atoms with van der Waals surface area (Å²) in [5.74, 6) is 0. The molecule has 0 bridgehead atoms. The van der Waals surface area contributed by atoms with Gasteiger partial charge in [0.15, 0.2) is 0 Å². The summed E-state index contributed by atoms with van der Waals surface area (Å²) in [6, 6.07) is 23.8. The highest BCUT2D eigenvalue weighted by Gasteiger charge is 2.34. The first-order chi connectivity index (χ1) is 11.3. The van der Waals surface area contributed by atoms with Crippen molar-refractivity contribution in [3.05, 3.63) is 71.8 Å². The van der Waals surface area contributed by atoms with Crippen LogP contribution in [0.25, 0.3) is 0 Å². The van der Waals surface area contributed by atoms with Gasteiger partial charge in [0, 0.05) is 19.6 Å². The smallest absolute Gasteiger partial charge is 0.0690 e. The van der Waals surface area contributed by atoms with Crippen molar-refractivity contribution < 1.29 is 0 Å². The van der Waals surface area contributed by atoms with Gasteiger partial charge in [0.05, 0.1) is 11.5 Å². The monoisotopic (exact) mass is 304 g/mol. The van der Waals surface area contributed by atoms with Crippen molar-refractivity contribution >= 4 is 0 Å². The number of likely N-dealkylation sites (tertiary alicyclic amines) is 1. The number of hydrogen-bond donors (Lipinski definition) is 0. The van der Waals surface area contributed by atoms with Gasteiger partial charge in [0.1, 0.15) is 0 Å². The van der Waals surface area contributed by atoms with E-state index in [0.29, 0.717) is 0 Å². The second-order valence-corrected chi connectivity index (χ2v) is 6.64. The average Bonchev–Trinajstić information content (AvgIpc) is 2.63. The molecule has 0 spiro atoms. The van der Waals surface area contributed by atoms with Gasteiger partial charge >= 0.3 is 0 Å². The molecular weight excluding hydrogens is 280 g/mol. The predicted octanol–water partition coefficient (Wildman–Crippen LogP) is 4.43. The number of hydrogen-bond acceptors (Lipinski definition) is 2. The van der Waals surface area contributed by atoms with Crippen LogP contribution >= 0.6 is 0 Å². The van der Waals surface area contributed by atoms with Gasteiger partial charge < -0.3 is 0 Å². The van der Waals surface area contributed by atoms with Gasteiger partial charge in [-0.15, -0.1) is 0 Å². The second kappa shape index (κ2) is 7.44. The van der Waals surface area contributed by atoms with Crippen LogP contribution in [0.15, 0.2) is 60.7 Å². The summed E-state index contributed by atoms with van der Waals surface area (Å²) in [4.78, 5) is 2.48. The Kier molecular flexibility index (Phi) is 5.10. The molecular formula is C21H24N2. The number of benzene rings is 2. The number of nitrogens with zero attached hydrogens (tertiary/aromatic N) is 2. The number of nitriles is 1. The summed E-state index contributed by atoms with van der Waals surface area (Å²) in [5.41, 5.74) is 2.57. The minimum atomic E-state index is -0.136. The molecule has 1 aliphatic rings. The summed E-state index contributed by atoms with van der Waals surface area (Å²) in [6.45, 7) is 3.05. The molecule has 0 N–H and O–H groups in total. The first-order valence-corrected chi connectivity index (χ1v) is 8.51. The number of piperidine rings is 1. The Morgan fingerprint density at radius 3 is 2.00 bits per heavy atom. The van der Waals surface area contributed by atoms with Gasteiger partial charge in [-0.1, -0.05) is 60.7 Å². The molecule has 23 heavy (non-hydrogen) atoms. The maximum Gasteiger partial charge on any atom is 0.0690 e. The SMILES string of the molecule is N#CC1(CCc2ccccc2)CCN(Cc2ccccc2)CC1. The van der Waals surface area contributed by atoms with Crippen LogP contribution in [-0.2, 0) is 13.0 Å². The normalized spacial score (nSPS) is 17.5. The molecule has 2 heteroatoms. The molecule has 0 aromatic heterocycles. The molecule has 0 aliphatic carbocycles. The Morgan fingerprint density at radius 1 is 0.870 bits per heavy atom. The average molecular weight is 304 g/mol. The van der Waals surface area contributed by atoms with Crippen molar-refractivity contribution in [2.24, 2.45) is 5.41 Å². The van der Waals surface area contributed by atoms with E-state index in [-0.39, 0.29) is 5.41 Å². The minimum Gasteiger partial charge on any atom is -0.299 e. The quantitative estimate of drug-likeness (QED) is 0.817. The summed E-state index contributed by atoms with van der Waals surface area (Å²) in [5, 5.41) is 9.73. The van der Waals surface area contributed by atoms with Crippen molar-refractivity contribution in [2.45, 2.75) is 32.2 Å². The molecule has 0 atom stereocenters. The van der Waals surface area contributed by atoms with Crippen LogP contribution in [0.3, 0.4) is 0 Å². The lowest BCUT2D eigenvalue weighted by molar-refractivity contribution is 0.132. The predicted molar refractivity (Wildman–Crippen MR) is 93.8 cm³/mol. The van der Waals surface area contributed by atoms with Gasteiger partial charge in [0.25, 0.3) is 0 Å². The zero-order chi connectivity index (χ0) is 16.0. The fourth-order valence-corrected chi connectivity index (χ4v) is 3.43. The molecule has 2 nitrogen and oxygen atoms in total. The van der Waals surface area contributed by atoms with Gasteiger partial charge in [-0.2, -0.15) is 5.26 Å². The number of rotatable bonds is 5. The second-order valence-electron chi connectivity index (χ2n) is 6.64. The summed E-state index contributed by atoms with van der Waals surface area (Å²) in [7, 11) is 0. The minimum absolute atomic E-state index is 0.136. The summed E-state index contributed by atoms with van der Waals surface area (Å²) >= 11 is 0. The van der Waals surface area contributed by atoms with E-state index in [1.54, 1.807) is 0 Å². The Bertz CT molecular complexity index is 635. The first-order valence-electron chi connectivity index (χ1n) is 8.51. The van der Waals surface area contributed by atoms with E-state index in [0.717, 1.165) is 45.3 Å². The van der Waals surface area contributed by atoms with Gasteiger partial charge in [0.2, 0.25) is 0 Å². The molecule has 2 aromatic rings. The van der Waals surface area contributed by atoms with Crippen LogP contribution in [0.2, 0.25) is 0 Å². The van der Waals surface area contributed by atoms with Crippen molar-refractivity contribution in [2.75, 3.05) is 13.1 Å². The zero-order valence-corrected chi connectivity index (χ0v) is 13.6. The highest BCUT2D eigenvalue weighted by Crippen LogP contribution is 2.35. The van der Waals surface area contributed by atoms with E-state index >= 15 is 0 Å². The van der Waals surface area contributed by atoms with Crippen LogP contribution in [-0.4, -0.2) is 18.0 Å². The Labute approximate surface area is 139 Å². The van der Waals surface area contributed by atoms with Crippen molar-refractivity contribution in [1.29, 1.82) is 5.26 Å². The molecule has 0 saturated carbocycles. The standard InChI is InChI=1S/C21H24N2/c22-18-21(12-11-19-7-3-1-4-8-19)13-15-23(16-14-21)17-20-9-5-2-6-10-20/h1-10H,11-17H2. The Hall–Kier alpha value is -2.11. The molecule has 3 rings (SSSR count). The van der Waals surface area contributed by atoms with Gasteiger partial charge in [-0.3, -0.25) is 4.90 Å². The third-order valence-electron chi connectivity index (χ3n) is 5.03. The molecule has 1 heterocycles. The molecule has 1 saturated heterocycles.